The van der Waals surface area contributed by atoms with Gasteiger partial charge in [-0.1, -0.05) is 26.7 Å². The Balaban J connectivity index is 1.88. The molecular formula is C16H27N3O. The van der Waals surface area contributed by atoms with Crippen LogP contribution < -0.4 is 5.73 Å². The van der Waals surface area contributed by atoms with E-state index in [0.717, 1.165) is 43.7 Å². The number of nitrogens with zero attached hydrogens (tertiary/aromatic N) is 2. The summed E-state index contributed by atoms with van der Waals surface area (Å²) in [7, 11) is 0. The van der Waals surface area contributed by atoms with Crippen molar-refractivity contribution in [2.45, 2.75) is 76.9 Å². The van der Waals surface area contributed by atoms with E-state index in [1.54, 1.807) is 0 Å². The first-order chi connectivity index (χ1) is 9.69. The maximum atomic E-state index is 6.26. The Morgan fingerprint density at radius 1 is 1.30 bits per heavy atom. The van der Waals surface area contributed by atoms with Gasteiger partial charge in [-0.3, -0.25) is 4.68 Å². The molecule has 0 amide bonds. The summed E-state index contributed by atoms with van der Waals surface area (Å²) in [4.78, 5) is 0. The molecule has 3 rings (SSSR count). The second-order valence-electron chi connectivity index (χ2n) is 6.34. The Kier molecular flexibility index (Phi) is 3.76. The summed E-state index contributed by atoms with van der Waals surface area (Å²) in [6.07, 6.45) is 9.14. The molecule has 2 N–H and O–H groups in total. The zero-order chi connectivity index (χ0) is 14.2. The number of nitrogen functional groups attached to an aromatic ring is 1. The number of anilines is 1. The van der Waals surface area contributed by atoms with Crippen LogP contribution in [0.2, 0.25) is 0 Å². The van der Waals surface area contributed by atoms with E-state index in [-0.39, 0.29) is 5.60 Å². The van der Waals surface area contributed by atoms with Crippen molar-refractivity contribution in [3.63, 3.8) is 0 Å². The fourth-order valence-electron chi connectivity index (χ4n) is 4.03. The van der Waals surface area contributed by atoms with Crippen molar-refractivity contribution >= 4 is 5.69 Å². The van der Waals surface area contributed by atoms with Gasteiger partial charge in [0.25, 0.3) is 0 Å². The summed E-state index contributed by atoms with van der Waals surface area (Å²) in [6.45, 7) is 5.17. The van der Waals surface area contributed by atoms with Crippen LogP contribution in [-0.2, 0) is 17.6 Å². The number of nitrogens with two attached hydrogens (primary N) is 1. The SMILES string of the molecule is CCc1nn(C2CCOC3(CCCC3)C2)c(CC)c1N. The van der Waals surface area contributed by atoms with Gasteiger partial charge in [-0.2, -0.15) is 5.10 Å². The van der Waals surface area contributed by atoms with Gasteiger partial charge in [-0.25, -0.2) is 0 Å². The quantitative estimate of drug-likeness (QED) is 0.922. The molecule has 4 nitrogen and oxygen atoms in total. The number of ether oxygens (including phenoxy) is 1. The molecule has 1 spiro atoms. The summed E-state index contributed by atoms with van der Waals surface area (Å²) in [5, 5.41) is 4.81. The van der Waals surface area contributed by atoms with Crippen molar-refractivity contribution in [1.29, 1.82) is 0 Å². The van der Waals surface area contributed by atoms with Gasteiger partial charge in [0.05, 0.1) is 28.7 Å². The lowest BCUT2D eigenvalue weighted by Gasteiger charge is -2.38. The van der Waals surface area contributed by atoms with E-state index in [0.29, 0.717) is 6.04 Å². The predicted octanol–water partition coefficient (Wildman–Crippen LogP) is 3.25. The number of hydrogen-bond acceptors (Lipinski definition) is 3. The number of aromatic nitrogens is 2. The smallest absolute Gasteiger partial charge is 0.0854 e. The van der Waals surface area contributed by atoms with Crippen LogP contribution in [0.1, 0.15) is 69.8 Å². The third-order valence-electron chi connectivity index (χ3n) is 5.12. The summed E-state index contributed by atoms with van der Waals surface area (Å²) < 4.78 is 8.38. The fraction of sp³-hybridized carbons (Fsp3) is 0.812. The fourth-order valence-corrected chi connectivity index (χ4v) is 4.03. The van der Waals surface area contributed by atoms with Crippen molar-refractivity contribution in [3.8, 4) is 0 Å². The van der Waals surface area contributed by atoms with Gasteiger partial charge < -0.3 is 10.5 Å². The molecule has 0 bridgehead atoms. The Morgan fingerprint density at radius 2 is 2.05 bits per heavy atom. The van der Waals surface area contributed by atoms with Crippen LogP contribution in [-0.4, -0.2) is 22.0 Å². The molecule has 4 heteroatoms. The van der Waals surface area contributed by atoms with Crippen molar-refractivity contribution in [1.82, 2.24) is 9.78 Å². The Bertz CT molecular complexity index is 474. The van der Waals surface area contributed by atoms with Crippen LogP contribution in [0.15, 0.2) is 0 Å². The summed E-state index contributed by atoms with van der Waals surface area (Å²) in [6, 6.07) is 0.472. The van der Waals surface area contributed by atoms with Gasteiger partial charge in [0.15, 0.2) is 0 Å². The molecule has 1 saturated carbocycles. The molecule has 1 atom stereocenters. The molecule has 1 aliphatic heterocycles. The van der Waals surface area contributed by atoms with Crippen molar-refractivity contribution in [2.24, 2.45) is 0 Å². The average Bonchev–Trinajstić information content (AvgIpc) is 3.03. The van der Waals surface area contributed by atoms with Gasteiger partial charge in [0.1, 0.15) is 0 Å². The maximum absolute atomic E-state index is 6.26. The molecule has 112 valence electrons. The molecule has 2 fully saturated rings. The third-order valence-corrected chi connectivity index (χ3v) is 5.12. The highest BCUT2D eigenvalue weighted by molar-refractivity contribution is 5.48. The molecular weight excluding hydrogens is 250 g/mol. The highest BCUT2D eigenvalue weighted by atomic mass is 16.5. The number of rotatable bonds is 3. The number of aryl methyl sites for hydroxylation is 1. The van der Waals surface area contributed by atoms with Gasteiger partial charge >= 0.3 is 0 Å². The van der Waals surface area contributed by atoms with Gasteiger partial charge in [0.2, 0.25) is 0 Å². The first-order valence-corrected chi connectivity index (χ1v) is 8.19. The molecule has 1 aromatic heterocycles. The molecule has 1 aliphatic carbocycles. The predicted molar refractivity (Wildman–Crippen MR) is 80.8 cm³/mol. The van der Waals surface area contributed by atoms with E-state index in [4.69, 9.17) is 15.6 Å². The molecule has 1 aromatic rings. The molecule has 2 aliphatic rings. The zero-order valence-corrected chi connectivity index (χ0v) is 12.8. The van der Waals surface area contributed by atoms with Crippen LogP contribution >= 0.6 is 0 Å². The van der Waals surface area contributed by atoms with Crippen molar-refractivity contribution in [3.05, 3.63) is 11.4 Å². The van der Waals surface area contributed by atoms with E-state index in [2.05, 4.69) is 18.5 Å². The summed E-state index contributed by atoms with van der Waals surface area (Å²) >= 11 is 0. The second kappa shape index (κ2) is 5.40. The summed E-state index contributed by atoms with van der Waals surface area (Å²) in [5.74, 6) is 0. The molecule has 1 unspecified atom stereocenters. The topological polar surface area (TPSA) is 53.1 Å². The second-order valence-corrected chi connectivity index (χ2v) is 6.34. The van der Waals surface area contributed by atoms with Gasteiger partial charge in [-0.15, -0.1) is 0 Å². The van der Waals surface area contributed by atoms with Crippen LogP contribution in [0.5, 0.6) is 0 Å². The van der Waals surface area contributed by atoms with Gasteiger partial charge in [-0.05, 0) is 38.5 Å². The molecule has 2 heterocycles. The highest BCUT2D eigenvalue weighted by Crippen LogP contribution is 2.44. The number of hydrogen-bond donors (Lipinski definition) is 1. The van der Waals surface area contributed by atoms with E-state index in [9.17, 15) is 0 Å². The average molecular weight is 277 g/mol. The van der Waals surface area contributed by atoms with Crippen LogP contribution in [0, 0.1) is 0 Å². The molecule has 20 heavy (non-hydrogen) atoms. The zero-order valence-electron chi connectivity index (χ0n) is 12.8. The third kappa shape index (κ3) is 2.24. The Labute approximate surface area is 121 Å². The standard InChI is InChI=1S/C16H27N3O/c1-3-13-15(17)14(4-2)19(18-13)12-7-10-20-16(11-12)8-5-6-9-16/h12H,3-11,17H2,1-2H3. The minimum absolute atomic E-state index is 0.140. The summed E-state index contributed by atoms with van der Waals surface area (Å²) in [5.41, 5.74) is 9.61. The largest absolute Gasteiger partial charge is 0.396 e. The first-order valence-electron chi connectivity index (χ1n) is 8.19. The lowest BCUT2D eigenvalue weighted by Crippen LogP contribution is -2.38. The van der Waals surface area contributed by atoms with Crippen LogP contribution in [0.4, 0.5) is 5.69 Å². The Morgan fingerprint density at radius 3 is 2.70 bits per heavy atom. The molecule has 0 aromatic carbocycles. The van der Waals surface area contributed by atoms with E-state index in [1.807, 2.05) is 0 Å². The van der Waals surface area contributed by atoms with Gasteiger partial charge in [0, 0.05) is 6.61 Å². The highest BCUT2D eigenvalue weighted by Gasteiger charge is 2.41. The Hall–Kier alpha value is -1.03. The lowest BCUT2D eigenvalue weighted by molar-refractivity contribution is -0.0913. The van der Waals surface area contributed by atoms with Crippen LogP contribution in [0.3, 0.4) is 0 Å². The van der Waals surface area contributed by atoms with E-state index < -0.39 is 0 Å². The molecule has 0 radical (unpaired) electrons. The normalized spacial score (nSPS) is 25.4. The monoisotopic (exact) mass is 277 g/mol. The van der Waals surface area contributed by atoms with Crippen molar-refractivity contribution in [2.75, 3.05) is 12.3 Å². The van der Waals surface area contributed by atoms with Crippen molar-refractivity contribution < 1.29 is 4.74 Å². The minimum atomic E-state index is 0.140. The lowest BCUT2D eigenvalue weighted by atomic mass is 9.89. The molecule has 1 saturated heterocycles. The van der Waals surface area contributed by atoms with E-state index in [1.165, 1.54) is 31.4 Å². The first kappa shape index (κ1) is 13.9. The minimum Gasteiger partial charge on any atom is -0.396 e. The van der Waals surface area contributed by atoms with Crippen LogP contribution in [0.25, 0.3) is 0 Å². The van der Waals surface area contributed by atoms with E-state index >= 15 is 0 Å². The maximum Gasteiger partial charge on any atom is 0.0854 e.